The number of esters is 3. The standard InChI is InChI=1S/C15H16O8/c1-8(16)21-12-5-4-11(6-13(12)22-9(2)17)7-14(15(19)20)23-10(3)18/h4-6,14H,7H2,1-3H3,(H,19,20)/t14-/m0/s1. The number of carboxylic acid groups (broad SMARTS) is 1. The first-order valence-corrected chi connectivity index (χ1v) is 6.58. The van der Waals surface area contributed by atoms with Crippen molar-refractivity contribution in [3.63, 3.8) is 0 Å². The van der Waals surface area contributed by atoms with E-state index in [1.807, 2.05) is 0 Å². The second kappa shape index (κ2) is 7.92. The van der Waals surface area contributed by atoms with Crippen LogP contribution < -0.4 is 9.47 Å². The predicted octanol–water partition coefficient (Wildman–Crippen LogP) is 1.10. The zero-order chi connectivity index (χ0) is 17.6. The van der Waals surface area contributed by atoms with Crippen LogP contribution in [0.3, 0.4) is 0 Å². The van der Waals surface area contributed by atoms with Gasteiger partial charge >= 0.3 is 23.9 Å². The van der Waals surface area contributed by atoms with Crippen molar-refractivity contribution in [3.05, 3.63) is 23.8 Å². The van der Waals surface area contributed by atoms with Crippen molar-refractivity contribution >= 4 is 23.9 Å². The lowest BCUT2D eigenvalue weighted by molar-refractivity contribution is -0.162. The summed E-state index contributed by atoms with van der Waals surface area (Å²) in [5, 5.41) is 9.04. The molecule has 1 N–H and O–H groups in total. The Morgan fingerprint density at radius 1 is 0.957 bits per heavy atom. The van der Waals surface area contributed by atoms with Gasteiger partial charge in [-0.1, -0.05) is 6.07 Å². The molecule has 0 aromatic heterocycles. The fourth-order valence-electron chi connectivity index (χ4n) is 1.75. The molecule has 0 fully saturated rings. The predicted molar refractivity (Wildman–Crippen MR) is 76.0 cm³/mol. The summed E-state index contributed by atoms with van der Waals surface area (Å²) in [6.07, 6.45) is -1.51. The van der Waals surface area contributed by atoms with Gasteiger partial charge in [-0.15, -0.1) is 0 Å². The molecule has 0 radical (unpaired) electrons. The topological polar surface area (TPSA) is 116 Å². The molecule has 0 aliphatic carbocycles. The first kappa shape index (κ1) is 18.1. The monoisotopic (exact) mass is 324 g/mol. The molecule has 0 aliphatic heterocycles. The van der Waals surface area contributed by atoms with Crippen molar-refractivity contribution in [2.24, 2.45) is 0 Å². The van der Waals surface area contributed by atoms with Crippen LogP contribution in [0.4, 0.5) is 0 Å². The van der Waals surface area contributed by atoms with E-state index in [2.05, 4.69) is 0 Å². The van der Waals surface area contributed by atoms with Gasteiger partial charge in [-0.2, -0.15) is 0 Å². The zero-order valence-corrected chi connectivity index (χ0v) is 12.8. The van der Waals surface area contributed by atoms with Gasteiger partial charge in [-0.05, 0) is 17.7 Å². The first-order chi connectivity index (χ1) is 10.7. The van der Waals surface area contributed by atoms with Crippen LogP contribution in [0.2, 0.25) is 0 Å². The minimum Gasteiger partial charge on any atom is -0.478 e. The van der Waals surface area contributed by atoms with E-state index in [4.69, 9.17) is 19.3 Å². The Labute approximate surface area is 131 Å². The molecule has 1 aromatic rings. The lowest BCUT2D eigenvalue weighted by Gasteiger charge is -2.14. The van der Waals surface area contributed by atoms with Crippen LogP contribution in [-0.4, -0.2) is 35.1 Å². The SMILES string of the molecule is CC(=O)Oc1ccc(C[C@H](OC(C)=O)C(=O)O)cc1OC(C)=O. The Kier molecular flexibility index (Phi) is 6.25. The van der Waals surface area contributed by atoms with Gasteiger partial charge in [0.25, 0.3) is 0 Å². The molecule has 0 heterocycles. The maximum atomic E-state index is 11.1. The second-order valence-electron chi connectivity index (χ2n) is 4.61. The van der Waals surface area contributed by atoms with Gasteiger partial charge in [0, 0.05) is 27.2 Å². The van der Waals surface area contributed by atoms with Crippen molar-refractivity contribution < 1.29 is 38.5 Å². The molecule has 0 spiro atoms. The first-order valence-electron chi connectivity index (χ1n) is 6.58. The third-order valence-corrected chi connectivity index (χ3v) is 2.52. The molecule has 1 aromatic carbocycles. The summed E-state index contributed by atoms with van der Waals surface area (Å²) in [5.41, 5.74) is 0.422. The lowest BCUT2D eigenvalue weighted by Crippen LogP contribution is -2.28. The van der Waals surface area contributed by atoms with Crippen LogP contribution in [0.25, 0.3) is 0 Å². The van der Waals surface area contributed by atoms with E-state index in [0.29, 0.717) is 5.56 Å². The molecule has 0 saturated heterocycles. The normalized spacial score (nSPS) is 11.3. The molecule has 0 bridgehead atoms. The molecule has 124 valence electrons. The fraction of sp³-hybridized carbons (Fsp3) is 0.333. The van der Waals surface area contributed by atoms with Crippen LogP contribution in [0.5, 0.6) is 11.5 Å². The van der Waals surface area contributed by atoms with Gasteiger partial charge in [-0.25, -0.2) is 4.79 Å². The van der Waals surface area contributed by atoms with Crippen LogP contribution in [-0.2, 0) is 30.3 Å². The van der Waals surface area contributed by atoms with E-state index in [-0.39, 0.29) is 17.9 Å². The van der Waals surface area contributed by atoms with Crippen LogP contribution in [0, 0.1) is 0 Å². The maximum absolute atomic E-state index is 11.1. The molecule has 0 amide bonds. The third-order valence-electron chi connectivity index (χ3n) is 2.52. The molecular formula is C15H16O8. The Hall–Kier alpha value is -2.90. The average molecular weight is 324 g/mol. The van der Waals surface area contributed by atoms with Gasteiger partial charge in [0.15, 0.2) is 11.5 Å². The van der Waals surface area contributed by atoms with E-state index in [1.165, 1.54) is 32.0 Å². The Bertz CT molecular complexity index is 634. The minimum absolute atomic E-state index is 0.0239. The van der Waals surface area contributed by atoms with Crippen LogP contribution in [0.15, 0.2) is 18.2 Å². The van der Waals surface area contributed by atoms with Crippen LogP contribution in [0.1, 0.15) is 26.3 Å². The van der Waals surface area contributed by atoms with Crippen molar-refractivity contribution in [3.8, 4) is 11.5 Å². The summed E-state index contributed by atoms with van der Waals surface area (Å²) >= 11 is 0. The van der Waals surface area contributed by atoms with Crippen LogP contribution >= 0.6 is 0 Å². The summed E-state index contributed by atoms with van der Waals surface area (Å²) in [7, 11) is 0. The molecular weight excluding hydrogens is 308 g/mol. The van der Waals surface area contributed by atoms with Gasteiger partial charge in [0.2, 0.25) is 6.10 Å². The number of hydrogen-bond donors (Lipinski definition) is 1. The average Bonchev–Trinajstić information content (AvgIpc) is 2.39. The molecule has 8 nitrogen and oxygen atoms in total. The number of carbonyl (C=O) groups is 4. The zero-order valence-electron chi connectivity index (χ0n) is 12.8. The summed E-state index contributed by atoms with van der Waals surface area (Å²) in [5.74, 6) is -3.28. The number of carboxylic acids is 1. The van der Waals surface area contributed by atoms with E-state index in [1.54, 1.807) is 0 Å². The molecule has 0 saturated carbocycles. The molecule has 8 heteroatoms. The molecule has 0 aliphatic rings. The Morgan fingerprint density at radius 2 is 1.52 bits per heavy atom. The van der Waals surface area contributed by atoms with Gasteiger partial charge in [0.05, 0.1) is 0 Å². The highest BCUT2D eigenvalue weighted by molar-refractivity contribution is 5.77. The number of benzene rings is 1. The summed E-state index contributed by atoms with van der Waals surface area (Å²) in [4.78, 5) is 44.1. The maximum Gasteiger partial charge on any atom is 0.345 e. The van der Waals surface area contributed by atoms with Gasteiger partial charge in [-0.3, -0.25) is 14.4 Å². The summed E-state index contributed by atoms with van der Waals surface area (Å²) < 4.78 is 14.5. The quantitative estimate of drug-likeness (QED) is 0.610. The number of hydrogen-bond acceptors (Lipinski definition) is 7. The Balaban J connectivity index is 3.07. The van der Waals surface area contributed by atoms with E-state index >= 15 is 0 Å². The fourth-order valence-corrected chi connectivity index (χ4v) is 1.75. The van der Waals surface area contributed by atoms with Gasteiger partial charge in [0.1, 0.15) is 0 Å². The minimum atomic E-state index is -1.38. The molecule has 1 atom stereocenters. The van der Waals surface area contributed by atoms with Crippen molar-refractivity contribution in [1.29, 1.82) is 0 Å². The highest BCUT2D eigenvalue weighted by Crippen LogP contribution is 2.29. The largest absolute Gasteiger partial charge is 0.478 e. The number of rotatable bonds is 6. The van der Waals surface area contributed by atoms with E-state index in [9.17, 15) is 19.2 Å². The van der Waals surface area contributed by atoms with Gasteiger partial charge < -0.3 is 19.3 Å². The second-order valence-corrected chi connectivity index (χ2v) is 4.61. The third kappa shape index (κ3) is 6.16. The number of aliphatic carboxylic acids is 1. The molecule has 0 unspecified atom stereocenters. The Morgan fingerprint density at radius 3 is 2.00 bits per heavy atom. The van der Waals surface area contributed by atoms with E-state index < -0.39 is 30.0 Å². The molecule has 23 heavy (non-hydrogen) atoms. The van der Waals surface area contributed by atoms with Crippen molar-refractivity contribution in [2.45, 2.75) is 33.3 Å². The van der Waals surface area contributed by atoms with E-state index in [0.717, 1.165) is 6.92 Å². The number of ether oxygens (including phenoxy) is 3. The smallest absolute Gasteiger partial charge is 0.345 e. The highest BCUT2D eigenvalue weighted by atomic mass is 16.6. The van der Waals surface area contributed by atoms with Crippen molar-refractivity contribution in [2.75, 3.05) is 0 Å². The number of carbonyl (C=O) groups excluding carboxylic acids is 3. The van der Waals surface area contributed by atoms with Crippen molar-refractivity contribution in [1.82, 2.24) is 0 Å². The summed E-state index contributed by atoms with van der Waals surface area (Å²) in [6, 6.07) is 4.19. The molecule has 1 rings (SSSR count). The lowest BCUT2D eigenvalue weighted by atomic mass is 10.1. The summed E-state index contributed by atoms with van der Waals surface area (Å²) in [6.45, 7) is 3.46. The highest BCUT2D eigenvalue weighted by Gasteiger charge is 2.22.